The molecule has 2 rings (SSSR count). The Hall–Kier alpha value is -2.01. The molecule has 16 heavy (non-hydrogen) atoms. The first-order valence-electron chi connectivity index (χ1n) is 4.19. The van der Waals surface area contributed by atoms with E-state index in [2.05, 4.69) is 0 Å². The number of aromatic carboxylic acids is 1. The highest BCUT2D eigenvalue weighted by Crippen LogP contribution is 2.28. The van der Waals surface area contributed by atoms with Crippen molar-refractivity contribution in [1.29, 1.82) is 0 Å². The number of rotatable bonds is 1. The minimum absolute atomic E-state index is 0.0805. The Bertz CT molecular complexity index is 643. The normalized spacial score (nSPS) is 10.6. The molecule has 0 aliphatic rings. The molecule has 0 saturated carbocycles. The molecular formula is C10H5ClO5. The smallest absolute Gasteiger partial charge is 0.354 e. The highest BCUT2D eigenvalue weighted by molar-refractivity contribution is 6.31. The topological polar surface area (TPSA) is 87.7 Å². The van der Waals surface area contributed by atoms with Crippen LogP contribution in [0.15, 0.2) is 27.4 Å². The number of carboxylic acid groups (broad SMARTS) is 1. The third-order valence-corrected chi connectivity index (χ3v) is 2.29. The number of carbonyl (C=O) groups is 1. The van der Waals surface area contributed by atoms with Gasteiger partial charge in [0.2, 0.25) is 0 Å². The van der Waals surface area contributed by atoms with E-state index < -0.39 is 22.9 Å². The Morgan fingerprint density at radius 2 is 2.06 bits per heavy atom. The predicted octanol–water partition coefficient (Wildman–Crippen LogP) is 1.85. The average Bonchev–Trinajstić information content (AvgIpc) is 2.19. The number of halogens is 1. The average molecular weight is 241 g/mol. The van der Waals surface area contributed by atoms with Crippen LogP contribution in [-0.4, -0.2) is 16.2 Å². The second kappa shape index (κ2) is 3.53. The van der Waals surface area contributed by atoms with Crippen LogP contribution in [0.1, 0.15) is 10.4 Å². The van der Waals surface area contributed by atoms with E-state index in [1.54, 1.807) is 0 Å². The molecule has 0 fully saturated rings. The molecule has 6 heteroatoms. The molecule has 0 radical (unpaired) electrons. The molecular weight excluding hydrogens is 236 g/mol. The summed E-state index contributed by atoms with van der Waals surface area (Å²) in [7, 11) is 0. The van der Waals surface area contributed by atoms with Gasteiger partial charge in [-0.2, -0.15) is 0 Å². The number of aromatic hydroxyl groups is 1. The summed E-state index contributed by atoms with van der Waals surface area (Å²) in [6.07, 6.45) is 0. The van der Waals surface area contributed by atoms with E-state index in [4.69, 9.17) is 21.1 Å². The summed E-state index contributed by atoms with van der Waals surface area (Å²) in [4.78, 5) is 22.0. The molecule has 82 valence electrons. The zero-order chi connectivity index (χ0) is 11.9. The fraction of sp³-hybridized carbons (Fsp3) is 0. The van der Waals surface area contributed by atoms with E-state index in [1.165, 1.54) is 18.2 Å². The van der Waals surface area contributed by atoms with Gasteiger partial charge in [-0.05, 0) is 18.2 Å². The monoisotopic (exact) mass is 240 g/mol. The van der Waals surface area contributed by atoms with Gasteiger partial charge in [-0.15, -0.1) is 0 Å². The van der Waals surface area contributed by atoms with Gasteiger partial charge >= 0.3 is 11.6 Å². The standard InChI is InChI=1S/C10H5ClO5/c11-4-1-2-6-5(3-4)8(12)7(9(13)14)10(15)16-6/h1-3,12H,(H,13,14). The van der Waals surface area contributed by atoms with Gasteiger partial charge in [-0.3, -0.25) is 0 Å². The summed E-state index contributed by atoms with van der Waals surface area (Å²) in [6.45, 7) is 0. The molecule has 1 aromatic heterocycles. The molecule has 0 bridgehead atoms. The van der Waals surface area contributed by atoms with Crippen molar-refractivity contribution in [2.75, 3.05) is 0 Å². The largest absolute Gasteiger partial charge is 0.506 e. The Morgan fingerprint density at radius 3 is 2.69 bits per heavy atom. The van der Waals surface area contributed by atoms with Crippen LogP contribution in [-0.2, 0) is 0 Å². The van der Waals surface area contributed by atoms with Crippen LogP contribution >= 0.6 is 11.6 Å². The number of benzene rings is 1. The maximum Gasteiger partial charge on any atom is 0.354 e. The lowest BCUT2D eigenvalue weighted by Crippen LogP contribution is -2.13. The summed E-state index contributed by atoms with van der Waals surface area (Å²) in [5.41, 5.74) is -1.81. The maximum atomic E-state index is 11.2. The first-order valence-corrected chi connectivity index (χ1v) is 4.57. The van der Waals surface area contributed by atoms with E-state index in [1.807, 2.05) is 0 Å². The minimum Gasteiger partial charge on any atom is -0.506 e. The van der Waals surface area contributed by atoms with Crippen LogP contribution in [0.5, 0.6) is 5.75 Å². The molecule has 5 nitrogen and oxygen atoms in total. The SMILES string of the molecule is O=C(O)c1c(O)c2cc(Cl)ccc2oc1=O. The van der Waals surface area contributed by atoms with Crippen molar-refractivity contribution in [3.63, 3.8) is 0 Å². The van der Waals surface area contributed by atoms with Gasteiger partial charge in [0.25, 0.3) is 0 Å². The van der Waals surface area contributed by atoms with Crippen molar-refractivity contribution in [3.05, 3.63) is 39.2 Å². The van der Waals surface area contributed by atoms with Crippen molar-refractivity contribution in [2.24, 2.45) is 0 Å². The molecule has 0 amide bonds. The second-order valence-corrected chi connectivity index (χ2v) is 3.50. The summed E-state index contributed by atoms with van der Waals surface area (Å²) in [5.74, 6) is -2.19. The lowest BCUT2D eigenvalue weighted by molar-refractivity contribution is 0.0689. The molecule has 0 saturated heterocycles. The highest BCUT2D eigenvalue weighted by atomic mass is 35.5. The first kappa shape index (κ1) is 10.5. The predicted molar refractivity (Wildman–Crippen MR) is 56.1 cm³/mol. The molecule has 0 atom stereocenters. The van der Waals surface area contributed by atoms with E-state index in [-0.39, 0.29) is 11.0 Å². The van der Waals surface area contributed by atoms with Gasteiger partial charge in [0, 0.05) is 5.02 Å². The van der Waals surface area contributed by atoms with Gasteiger partial charge in [-0.25, -0.2) is 9.59 Å². The highest BCUT2D eigenvalue weighted by Gasteiger charge is 2.19. The summed E-state index contributed by atoms with van der Waals surface area (Å²) in [5, 5.41) is 18.7. The summed E-state index contributed by atoms with van der Waals surface area (Å²) >= 11 is 5.68. The lowest BCUT2D eigenvalue weighted by Gasteiger charge is -2.02. The molecule has 2 aromatic rings. The minimum atomic E-state index is -1.55. The molecule has 2 N–H and O–H groups in total. The van der Waals surface area contributed by atoms with E-state index in [9.17, 15) is 14.7 Å². The quantitative estimate of drug-likeness (QED) is 0.743. The van der Waals surface area contributed by atoms with Crippen LogP contribution in [0.25, 0.3) is 11.0 Å². The molecule has 1 aromatic carbocycles. The van der Waals surface area contributed by atoms with Gasteiger partial charge in [0.15, 0.2) is 5.56 Å². The van der Waals surface area contributed by atoms with Crippen LogP contribution in [0.3, 0.4) is 0 Å². The van der Waals surface area contributed by atoms with Crippen LogP contribution in [0.4, 0.5) is 0 Å². The summed E-state index contributed by atoms with van der Waals surface area (Å²) < 4.78 is 4.73. The molecule has 0 unspecified atom stereocenters. The van der Waals surface area contributed by atoms with Crippen molar-refractivity contribution < 1.29 is 19.4 Å². The third-order valence-electron chi connectivity index (χ3n) is 2.05. The van der Waals surface area contributed by atoms with Crippen molar-refractivity contribution in [1.82, 2.24) is 0 Å². The van der Waals surface area contributed by atoms with Gasteiger partial charge in [0.1, 0.15) is 11.3 Å². The maximum absolute atomic E-state index is 11.2. The third kappa shape index (κ3) is 1.51. The Morgan fingerprint density at radius 1 is 1.38 bits per heavy atom. The number of fused-ring (bicyclic) bond motifs is 1. The van der Waals surface area contributed by atoms with Crippen LogP contribution < -0.4 is 5.63 Å². The zero-order valence-electron chi connectivity index (χ0n) is 7.73. The lowest BCUT2D eigenvalue weighted by atomic mass is 10.1. The molecule has 1 heterocycles. The molecule has 0 spiro atoms. The summed E-state index contributed by atoms with van der Waals surface area (Å²) in [6, 6.07) is 4.17. The molecule has 0 aliphatic carbocycles. The van der Waals surface area contributed by atoms with Gasteiger partial charge < -0.3 is 14.6 Å². The Labute approximate surface area is 93.5 Å². The van der Waals surface area contributed by atoms with Crippen molar-refractivity contribution >= 4 is 28.5 Å². The van der Waals surface area contributed by atoms with Crippen molar-refractivity contribution in [3.8, 4) is 5.75 Å². The zero-order valence-corrected chi connectivity index (χ0v) is 8.49. The van der Waals surface area contributed by atoms with Gasteiger partial charge in [0.05, 0.1) is 5.39 Å². The first-order chi connectivity index (χ1) is 7.50. The second-order valence-electron chi connectivity index (χ2n) is 3.06. The van der Waals surface area contributed by atoms with Crippen LogP contribution in [0, 0.1) is 0 Å². The number of hydrogen-bond acceptors (Lipinski definition) is 4. The number of hydrogen-bond donors (Lipinski definition) is 2. The Kier molecular flexibility index (Phi) is 2.32. The van der Waals surface area contributed by atoms with Crippen molar-refractivity contribution in [2.45, 2.75) is 0 Å². The fourth-order valence-corrected chi connectivity index (χ4v) is 1.52. The van der Waals surface area contributed by atoms with E-state index in [0.717, 1.165) is 0 Å². The number of carboxylic acids is 1. The Balaban J connectivity index is 2.96. The van der Waals surface area contributed by atoms with E-state index >= 15 is 0 Å². The van der Waals surface area contributed by atoms with E-state index in [0.29, 0.717) is 5.02 Å². The fourth-order valence-electron chi connectivity index (χ4n) is 1.35. The van der Waals surface area contributed by atoms with Gasteiger partial charge in [-0.1, -0.05) is 11.6 Å². The van der Waals surface area contributed by atoms with Crippen LogP contribution in [0.2, 0.25) is 5.02 Å². The molecule has 0 aliphatic heterocycles.